The van der Waals surface area contributed by atoms with E-state index in [1.165, 1.54) is 17.8 Å². The lowest BCUT2D eigenvalue weighted by atomic mass is 10.1. The molecule has 0 aliphatic heterocycles. The molecule has 0 unspecified atom stereocenters. The monoisotopic (exact) mass is 414 g/mol. The molecule has 0 saturated heterocycles. The third-order valence-corrected chi connectivity index (χ3v) is 5.39. The number of aromatic nitrogens is 2. The van der Waals surface area contributed by atoms with Gasteiger partial charge in [-0.25, -0.2) is 4.98 Å². The Balaban J connectivity index is 1.48. The quantitative estimate of drug-likeness (QED) is 0.333. The fourth-order valence-electron chi connectivity index (χ4n) is 2.85. The summed E-state index contributed by atoms with van der Waals surface area (Å²) in [6, 6.07) is 18.8. The van der Waals surface area contributed by atoms with Crippen LogP contribution >= 0.6 is 11.8 Å². The van der Waals surface area contributed by atoms with E-state index in [-0.39, 0.29) is 5.57 Å². The zero-order chi connectivity index (χ0) is 21.1. The largest absolute Gasteiger partial charge is 0.450 e. The summed E-state index contributed by atoms with van der Waals surface area (Å²) in [6.07, 6.45) is 1.43. The number of carbonyl (C=O) groups is 1. The first-order chi connectivity index (χ1) is 14.5. The Morgan fingerprint density at radius 1 is 1.17 bits per heavy atom. The van der Waals surface area contributed by atoms with Crippen molar-refractivity contribution in [3.05, 3.63) is 77.1 Å². The predicted octanol–water partition coefficient (Wildman–Crippen LogP) is 5.47. The molecule has 0 aliphatic rings. The van der Waals surface area contributed by atoms with E-state index >= 15 is 0 Å². The third-order valence-electron chi connectivity index (χ3n) is 4.58. The van der Waals surface area contributed by atoms with Crippen LogP contribution in [0.2, 0.25) is 0 Å². The number of nitrogens with zero attached hydrogens (tertiary/aromatic N) is 2. The third kappa shape index (κ3) is 4.29. The van der Waals surface area contributed by atoms with Gasteiger partial charge in [-0.3, -0.25) is 4.79 Å². The number of nitriles is 1. The maximum absolute atomic E-state index is 12.5. The Bertz CT molecular complexity index is 1280. The molecule has 2 aromatic heterocycles. The van der Waals surface area contributed by atoms with Crippen LogP contribution < -0.4 is 5.32 Å². The van der Waals surface area contributed by atoms with Crippen molar-refractivity contribution in [2.45, 2.75) is 24.1 Å². The number of hydrogen-bond acceptors (Lipinski definition) is 5. The average Bonchev–Trinajstić information content (AvgIpc) is 3.35. The van der Waals surface area contributed by atoms with Gasteiger partial charge in [0.15, 0.2) is 10.2 Å². The van der Waals surface area contributed by atoms with Crippen LogP contribution in [0.1, 0.15) is 16.9 Å². The minimum Gasteiger partial charge on any atom is -0.450 e. The molecule has 0 radical (unpaired) electrons. The van der Waals surface area contributed by atoms with Crippen LogP contribution in [0.3, 0.4) is 0 Å². The molecule has 0 aliphatic carbocycles. The summed E-state index contributed by atoms with van der Waals surface area (Å²) < 4.78 is 5.75. The van der Waals surface area contributed by atoms with E-state index in [1.54, 1.807) is 12.1 Å². The SMILES string of the molecule is Cc1ccc(NC(=O)C(C#N)=Cc2ccc(Sc3nc4ccccc4[nH]3)o2)cc1C. The molecule has 0 atom stereocenters. The molecule has 148 valence electrons. The Labute approximate surface area is 177 Å². The van der Waals surface area contributed by atoms with Gasteiger partial charge < -0.3 is 14.7 Å². The molecule has 2 N–H and O–H groups in total. The van der Waals surface area contributed by atoms with Gasteiger partial charge in [-0.2, -0.15) is 5.26 Å². The first-order valence-corrected chi connectivity index (χ1v) is 10.1. The Hall–Kier alpha value is -3.76. The number of amides is 1. The lowest BCUT2D eigenvalue weighted by molar-refractivity contribution is -0.112. The van der Waals surface area contributed by atoms with Crippen molar-refractivity contribution in [3.8, 4) is 6.07 Å². The van der Waals surface area contributed by atoms with Crippen molar-refractivity contribution < 1.29 is 9.21 Å². The molecule has 7 heteroatoms. The Morgan fingerprint density at radius 3 is 2.77 bits per heavy atom. The molecule has 4 aromatic rings. The van der Waals surface area contributed by atoms with Gasteiger partial charge in [0.1, 0.15) is 17.4 Å². The highest BCUT2D eigenvalue weighted by Crippen LogP contribution is 2.29. The zero-order valence-corrected chi connectivity index (χ0v) is 17.2. The van der Waals surface area contributed by atoms with Crippen LogP contribution in [-0.2, 0) is 4.79 Å². The second-order valence-electron chi connectivity index (χ2n) is 6.74. The second-order valence-corrected chi connectivity index (χ2v) is 7.73. The summed E-state index contributed by atoms with van der Waals surface area (Å²) in [5, 5.41) is 13.5. The van der Waals surface area contributed by atoms with Crippen LogP contribution in [0.15, 0.2) is 74.8 Å². The number of hydrogen-bond donors (Lipinski definition) is 2. The number of H-pyrrole nitrogens is 1. The van der Waals surface area contributed by atoms with E-state index in [4.69, 9.17) is 4.42 Å². The standard InChI is InChI=1S/C23H18N4O2S/c1-14-7-8-17(11-15(14)2)25-22(28)16(13-24)12-18-9-10-21(29-18)30-23-26-19-5-3-4-6-20(19)27-23/h3-12H,1-2H3,(H,25,28)(H,26,27). The smallest absolute Gasteiger partial charge is 0.266 e. The summed E-state index contributed by atoms with van der Waals surface area (Å²) >= 11 is 1.34. The molecule has 2 aromatic carbocycles. The van der Waals surface area contributed by atoms with E-state index in [9.17, 15) is 10.1 Å². The highest BCUT2D eigenvalue weighted by atomic mass is 32.2. The van der Waals surface area contributed by atoms with Crippen LogP contribution in [0.25, 0.3) is 17.1 Å². The second kappa shape index (κ2) is 8.31. The van der Waals surface area contributed by atoms with Gasteiger partial charge >= 0.3 is 0 Å². The maximum Gasteiger partial charge on any atom is 0.266 e. The fourth-order valence-corrected chi connectivity index (χ4v) is 3.62. The van der Waals surface area contributed by atoms with Crippen molar-refractivity contribution >= 4 is 40.5 Å². The number of fused-ring (bicyclic) bond motifs is 1. The summed E-state index contributed by atoms with van der Waals surface area (Å²) in [6.45, 7) is 3.97. The maximum atomic E-state index is 12.5. The number of nitrogens with one attached hydrogen (secondary N) is 2. The van der Waals surface area contributed by atoms with Gasteiger partial charge in [0.2, 0.25) is 0 Å². The van der Waals surface area contributed by atoms with Gasteiger partial charge in [-0.05, 0) is 73.1 Å². The molecule has 0 saturated carbocycles. The molecular weight excluding hydrogens is 396 g/mol. The number of carbonyl (C=O) groups excluding carboxylic acids is 1. The molecule has 6 nitrogen and oxygen atoms in total. The number of furan rings is 1. The topological polar surface area (TPSA) is 94.7 Å². The average molecular weight is 414 g/mol. The highest BCUT2D eigenvalue weighted by molar-refractivity contribution is 7.99. The Morgan fingerprint density at radius 2 is 2.00 bits per heavy atom. The molecule has 1 amide bonds. The highest BCUT2D eigenvalue weighted by Gasteiger charge is 2.12. The minimum absolute atomic E-state index is 0.0390. The molecule has 0 bridgehead atoms. The number of benzene rings is 2. The van der Waals surface area contributed by atoms with Gasteiger partial charge in [0.25, 0.3) is 5.91 Å². The first-order valence-electron chi connectivity index (χ1n) is 9.24. The summed E-state index contributed by atoms with van der Waals surface area (Å²) in [7, 11) is 0. The summed E-state index contributed by atoms with van der Waals surface area (Å²) in [4.78, 5) is 20.2. The van der Waals surface area contributed by atoms with Gasteiger partial charge in [-0.1, -0.05) is 18.2 Å². The normalized spacial score (nSPS) is 11.4. The molecule has 30 heavy (non-hydrogen) atoms. The van der Waals surface area contributed by atoms with Gasteiger partial charge in [0, 0.05) is 11.8 Å². The number of anilines is 1. The van der Waals surface area contributed by atoms with Crippen molar-refractivity contribution in [1.29, 1.82) is 5.26 Å². The zero-order valence-electron chi connectivity index (χ0n) is 16.4. The van der Waals surface area contributed by atoms with Crippen molar-refractivity contribution in [2.24, 2.45) is 0 Å². The number of imidazole rings is 1. The fraction of sp³-hybridized carbons (Fsp3) is 0.0870. The first kappa shape index (κ1) is 19.6. The summed E-state index contributed by atoms with van der Waals surface area (Å²) in [5.74, 6) is -0.0657. The van der Waals surface area contributed by atoms with E-state index in [0.29, 0.717) is 21.7 Å². The molecule has 4 rings (SSSR count). The number of aryl methyl sites for hydroxylation is 2. The van der Waals surface area contributed by atoms with Crippen LogP contribution in [-0.4, -0.2) is 15.9 Å². The number of aromatic amines is 1. The van der Waals surface area contributed by atoms with Crippen molar-refractivity contribution in [2.75, 3.05) is 5.32 Å². The van der Waals surface area contributed by atoms with E-state index in [2.05, 4.69) is 15.3 Å². The van der Waals surface area contributed by atoms with Gasteiger partial charge in [0.05, 0.1) is 11.0 Å². The van der Waals surface area contributed by atoms with Gasteiger partial charge in [-0.15, -0.1) is 0 Å². The lowest BCUT2D eigenvalue weighted by Crippen LogP contribution is -2.13. The molecule has 2 heterocycles. The summed E-state index contributed by atoms with van der Waals surface area (Å²) in [5.41, 5.74) is 4.62. The van der Waals surface area contributed by atoms with E-state index < -0.39 is 5.91 Å². The number of para-hydroxylation sites is 2. The van der Waals surface area contributed by atoms with Crippen LogP contribution in [0, 0.1) is 25.2 Å². The molecule has 0 fully saturated rings. The molecular formula is C23H18N4O2S. The van der Waals surface area contributed by atoms with E-state index in [0.717, 1.165) is 22.2 Å². The predicted molar refractivity (Wildman–Crippen MR) is 117 cm³/mol. The number of rotatable bonds is 5. The van der Waals surface area contributed by atoms with Crippen LogP contribution in [0.5, 0.6) is 0 Å². The van der Waals surface area contributed by atoms with Crippen molar-refractivity contribution in [3.63, 3.8) is 0 Å². The van der Waals surface area contributed by atoms with Crippen LogP contribution in [0.4, 0.5) is 5.69 Å². The molecule has 0 spiro atoms. The minimum atomic E-state index is -0.483. The Kier molecular flexibility index (Phi) is 5.42. The lowest BCUT2D eigenvalue weighted by Gasteiger charge is -2.06. The van der Waals surface area contributed by atoms with Crippen molar-refractivity contribution in [1.82, 2.24) is 9.97 Å². The van der Waals surface area contributed by atoms with E-state index in [1.807, 2.05) is 62.4 Å².